The zero-order valence-corrected chi connectivity index (χ0v) is 18.6. The lowest BCUT2D eigenvalue weighted by atomic mass is 10.2. The van der Waals surface area contributed by atoms with E-state index in [0.717, 1.165) is 5.56 Å². The Morgan fingerprint density at radius 2 is 1.78 bits per heavy atom. The molecule has 0 spiro atoms. The Kier molecular flexibility index (Phi) is 7.21. The fourth-order valence-corrected chi connectivity index (χ4v) is 3.15. The Morgan fingerprint density at radius 1 is 1.06 bits per heavy atom. The van der Waals surface area contributed by atoms with E-state index in [-0.39, 0.29) is 24.8 Å². The zero-order valence-electron chi connectivity index (χ0n) is 17.8. The molecule has 0 radical (unpaired) electrons. The number of nitrogens with one attached hydrogen (secondary N) is 2. The van der Waals surface area contributed by atoms with Gasteiger partial charge < -0.3 is 15.4 Å². The van der Waals surface area contributed by atoms with Gasteiger partial charge in [0.1, 0.15) is 6.54 Å². The van der Waals surface area contributed by atoms with Crippen molar-refractivity contribution >= 4 is 40.8 Å². The van der Waals surface area contributed by atoms with E-state index in [9.17, 15) is 14.4 Å². The lowest BCUT2D eigenvalue weighted by Gasteiger charge is -2.08. The number of aryl methyl sites for hydroxylation is 1. The van der Waals surface area contributed by atoms with Crippen LogP contribution in [0.5, 0.6) is 0 Å². The monoisotopic (exact) mass is 455 g/mol. The minimum absolute atomic E-state index is 0.0910. The van der Waals surface area contributed by atoms with E-state index >= 15 is 0 Å². The standard InChI is InChI=1S/C22H22ClN5O4/c1-4-32-22(31)15-6-8-16(9-7-15)24-19(29)12-28-14(3)20(26-27-28)21(30)25-18-10-5-13(2)11-17(18)23/h5-11H,4,12H2,1-3H3,(H,24,29)(H,25,30). The molecule has 0 bridgehead atoms. The summed E-state index contributed by atoms with van der Waals surface area (Å²) in [5, 5.41) is 13.6. The molecular formula is C22H22ClN5O4. The predicted octanol–water partition coefficient (Wildman–Crippen LogP) is 3.62. The van der Waals surface area contributed by atoms with Crippen molar-refractivity contribution in [2.24, 2.45) is 0 Å². The van der Waals surface area contributed by atoms with Crippen molar-refractivity contribution in [3.8, 4) is 0 Å². The summed E-state index contributed by atoms with van der Waals surface area (Å²) in [5.41, 5.74) is 2.85. The van der Waals surface area contributed by atoms with Gasteiger partial charge in [-0.05, 0) is 62.7 Å². The predicted molar refractivity (Wildman–Crippen MR) is 120 cm³/mol. The number of carbonyl (C=O) groups is 3. The van der Waals surface area contributed by atoms with E-state index in [1.165, 1.54) is 4.68 Å². The molecule has 0 aliphatic rings. The Hall–Kier alpha value is -3.72. The van der Waals surface area contributed by atoms with Gasteiger partial charge in [0, 0.05) is 5.69 Å². The molecule has 0 aliphatic heterocycles. The third-order valence-electron chi connectivity index (χ3n) is 4.54. The van der Waals surface area contributed by atoms with Gasteiger partial charge in [-0.2, -0.15) is 0 Å². The summed E-state index contributed by atoms with van der Waals surface area (Å²) >= 11 is 6.16. The first-order valence-corrected chi connectivity index (χ1v) is 10.2. The highest BCUT2D eigenvalue weighted by molar-refractivity contribution is 6.34. The number of benzene rings is 2. The topological polar surface area (TPSA) is 115 Å². The molecule has 1 aromatic heterocycles. The number of carbonyl (C=O) groups excluding carboxylic acids is 3. The lowest BCUT2D eigenvalue weighted by molar-refractivity contribution is -0.117. The van der Waals surface area contributed by atoms with E-state index in [1.54, 1.807) is 50.2 Å². The Morgan fingerprint density at radius 3 is 2.44 bits per heavy atom. The number of amides is 2. The summed E-state index contributed by atoms with van der Waals surface area (Å²) in [6, 6.07) is 11.6. The number of hydrogen-bond acceptors (Lipinski definition) is 6. The maximum atomic E-state index is 12.6. The average molecular weight is 456 g/mol. The summed E-state index contributed by atoms with van der Waals surface area (Å²) in [5.74, 6) is -1.27. The van der Waals surface area contributed by atoms with Gasteiger partial charge in [0.15, 0.2) is 5.69 Å². The molecule has 9 nitrogen and oxygen atoms in total. The number of esters is 1. The third kappa shape index (κ3) is 5.50. The molecule has 10 heteroatoms. The molecule has 0 aliphatic carbocycles. The van der Waals surface area contributed by atoms with Crippen LogP contribution >= 0.6 is 11.6 Å². The second-order valence-corrected chi connectivity index (χ2v) is 7.37. The van der Waals surface area contributed by atoms with Crippen LogP contribution in [0.3, 0.4) is 0 Å². The number of rotatable bonds is 7. The van der Waals surface area contributed by atoms with Crippen molar-refractivity contribution in [1.29, 1.82) is 0 Å². The maximum absolute atomic E-state index is 12.6. The van der Waals surface area contributed by atoms with Gasteiger partial charge in [-0.15, -0.1) is 5.10 Å². The Labute approximate surface area is 189 Å². The molecular weight excluding hydrogens is 434 g/mol. The molecule has 2 N–H and O–H groups in total. The van der Waals surface area contributed by atoms with Crippen molar-refractivity contribution in [2.75, 3.05) is 17.2 Å². The number of aromatic nitrogens is 3. The highest BCUT2D eigenvalue weighted by Gasteiger charge is 2.19. The molecule has 2 amide bonds. The van der Waals surface area contributed by atoms with Crippen molar-refractivity contribution in [3.05, 3.63) is 70.0 Å². The Bertz CT molecular complexity index is 1160. The molecule has 0 fully saturated rings. The fraction of sp³-hybridized carbons (Fsp3) is 0.227. The summed E-state index contributed by atoms with van der Waals surface area (Å²) in [7, 11) is 0. The largest absolute Gasteiger partial charge is 0.462 e. The minimum Gasteiger partial charge on any atom is -0.462 e. The van der Waals surface area contributed by atoms with Gasteiger partial charge in [-0.25, -0.2) is 9.48 Å². The first-order valence-electron chi connectivity index (χ1n) is 9.83. The molecule has 0 saturated heterocycles. The lowest BCUT2D eigenvalue weighted by Crippen LogP contribution is -2.21. The number of hydrogen-bond donors (Lipinski definition) is 2. The normalized spacial score (nSPS) is 10.5. The van der Waals surface area contributed by atoms with Crippen LogP contribution < -0.4 is 10.6 Å². The minimum atomic E-state index is -0.477. The highest BCUT2D eigenvalue weighted by atomic mass is 35.5. The van der Waals surface area contributed by atoms with Gasteiger partial charge in [-0.1, -0.05) is 22.9 Å². The van der Waals surface area contributed by atoms with Crippen LogP contribution in [0.4, 0.5) is 11.4 Å². The van der Waals surface area contributed by atoms with Crippen LogP contribution in [-0.2, 0) is 16.1 Å². The molecule has 1 heterocycles. The van der Waals surface area contributed by atoms with Gasteiger partial charge in [0.25, 0.3) is 5.91 Å². The summed E-state index contributed by atoms with van der Waals surface area (Å²) in [6.45, 7) is 5.41. The van der Waals surface area contributed by atoms with Crippen LogP contribution in [0, 0.1) is 13.8 Å². The average Bonchev–Trinajstić information content (AvgIpc) is 3.11. The first kappa shape index (κ1) is 23.0. The third-order valence-corrected chi connectivity index (χ3v) is 4.86. The van der Waals surface area contributed by atoms with Gasteiger partial charge in [0.05, 0.1) is 28.6 Å². The summed E-state index contributed by atoms with van der Waals surface area (Å²) in [6.07, 6.45) is 0. The van der Waals surface area contributed by atoms with Gasteiger partial charge >= 0.3 is 5.97 Å². The molecule has 3 aromatic rings. The summed E-state index contributed by atoms with van der Waals surface area (Å²) < 4.78 is 6.25. The zero-order chi connectivity index (χ0) is 23.3. The van der Waals surface area contributed by atoms with E-state index in [4.69, 9.17) is 16.3 Å². The summed E-state index contributed by atoms with van der Waals surface area (Å²) in [4.78, 5) is 36.7. The molecule has 0 unspecified atom stereocenters. The fourth-order valence-electron chi connectivity index (χ4n) is 2.86. The molecule has 0 saturated carbocycles. The smallest absolute Gasteiger partial charge is 0.338 e. The maximum Gasteiger partial charge on any atom is 0.338 e. The first-order chi connectivity index (χ1) is 15.3. The number of nitrogens with zero attached hydrogens (tertiary/aromatic N) is 3. The second kappa shape index (κ2) is 10.1. The molecule has 3 rings (SSSR count). The number of anilines is 2. The van der Waals surface area contributed by atoms with E-state index in [1.807, 2.05) is 13.0 Å². The molecule has 32 heavy (non-hydrogen) atoms. The van der Waals surface area contributed by atoms with Gasteiger partial charge in [0.2, 0.25) is 5.91 Å². The van der Waals surface area contributed by atoms with Crippen molar-refractivity contribution in [3.63, 3.8) is 0 Å². The molecule has 0 atom stereocenters. The quantitative estimate of drug-likeness (QED) is 0.526. The van der Waals surface area contributed by atoms with Crippen LogP contribution in [0.15, 0.2) is 42.5 Å². The van der Waals surface area contributed by atoms with Crippen molar-refractivity contribution < 1.29 is 19.1 Å². The van der Waals surface area contributed by atoms with E-state index < -0.39 is 11.9 Å². The van der Waals surface area contributed by atoms with Crippen molar-refractivity contribution in [1.82, 2.24) is 15.0 Å². The Balaban J connectivity index is 1.63. The second-order valence-electron chi connectivity index (χ2n) is 6.96. The van der Waals surface area contributed by atoms with Crippen LogP contribution in [-0.4, -0.2) is 39.4 Å². The van der Waals surface area contributed by atoms with Gasteiger partial charge in [-0.3, -0.25) is 9.59 Å². The molecule has 166 valence electrons. The van der Waals surface area contributed by atoms with Crippen LogP contribution in [0.1, 0.15) is 39.0 Å². The highest BCUT2D eigenvalue weighted by Crippen LogP contribution is 2.23. The number of ether oxygens (including phenoxy) is 1. The van der Waals surface area contributed by atoms with Crippen LogP contribution in [0.25, 0.3) is 0 Å². The van der Waals surface area contributed by atoms with Crippen LogP contribution in [0.2, 0.25) is 5.02 Å². The number of halogens is 1. The SMILES string of the molecule is CCOC(=O)c1ccc(NC(=O)Cn2nnc(C(=O)Nc3ccc(C)cc3Cl)c2C)cc1. The van der Waals surface area contributed by atoms with E-state index in [2.05, 4.69) is 20.9 Å². The molecule has 2 aromatic carbocycles. The van der Waals surface area contributed by atoms with E-state index in [0.29, 0.717) is 27.7 Å². The van der Waals surface area contributed by atoms with Crippen molar-refractivity contribution in [2.45, 2.75) is 27.3 Å².